The smallest absolute Gasteiger partial charge is 0.308 e. The fourth-order valence-electron chi connectivity index (χ4n) is 7.81. The number of aryl methyl sites for hydroxylation is 1. The van der Waals surface area contributed by atoms with Gasteiger partial charge in [-0.3, -0.25) is 19.3 Å². The zero-order valence-electron chi connectivity index (χ0n) is 27.9. The van der Waals surface area contributed by atoms with Gasteiger partial charge in [0.2, 0.25) is 18.6 Å². The number of rotatable bonds is 13. The summed E-state index contributed by atoms with van der Waals surface area (Å²) in [5.41, 5.74) is 3.71. The van der Waals surface area contributed by atoms with Crippen molar-refractivity contribution in [3.8, 4) is 11.5 Å². The van der Waals surface area contributed by atoms with E-state index >= 15 is 0 Å². The molecule has 1 N–H and O–H groups in total. The van der Waals surface area contributed by atoms with E-state index in [2.05, 4.69) is 13.8 Å². The first kappa shape index (κ1) is 33.5. The van der Waals surface area contributed by atoms with E-state index in [0.29, 0.717) is 48.7 Å². The molecule has 254 valence electrons. The van der Waals surface area contributed by atoms with Crippen LogP contribution in [0.15, 0.2) is 60.7 Å². The number of aliphatic carboxylic acids is 1. The molecule has 3 atom stereocenters. The van der Waals surface area contributed by atoms with Crippen molar-refractivity contribution < 1.29 is 33.4 Å². The second kappa shape index (κ2) is 14.4. The first-order valence-electron chi connectivity index (χ1n) is 17.0. The van der Waals surface area contributed by atoms with E-state index in [4.69, 9.17) is 9.47 Å². The number of anilines is 2. The van der Waals surface area contributed by atoms with Crippen LogP contribution in [-0.4, -0.2) is 66.3 Å². The van der Waals surface area contributed by atoms with E-state index in [1.807, 2.05) is 41.3 Å². The average molecular weight is 658 g/mol. The Balaban J connectivity index is 1.34. The molecule has 0 unspecified atom stereocenters. The number of likely N-dealkylation sites (tertiary alicyclic amines) is 1. The van der Waals surface area contributed by atoms with Gasteiger partial charge in [0.15, 0.2) is 11.5 Å². The third-order valence-corrected chi connectivity index (χ3v) is 10.1. The van der Waals surface area contributed by atoms with Gasteiger partial charge >= 0.3 is 5.97 Å². The number of carboxylic acid groups (broad SMARTS) is 1. The summed E-state index contributed by atoms with van der Waals surface area (Å²) in [5.74, 6) is -1.54. The molecule has 9 nitrogen and oxygen atoms in total. The Labute approximate surface area is 281 Å². The predicted molar refractivity (Wildman–Crippen MR) is 181 cm³/mol. The number of benzene rings is 3. The maximum atomic E-state index is 14.5. The van der Waals surface area contributed by atoms with Crippen LogP contribution in [0.1, 0.15) is 68.6 Å². The van der Waals surface area contributed by atoms with E-state index in [1.165, 1.54) is 6.07 Å². The molecule has 3 aliphatic rings. The molecule has 0 aromatic heterocycles. The molecule has 6 rings (SSSR count). The van der Waals surface area contributed by atoms with Crippen molar-refractivity contribution in [1.82, 2.24) is 4.90 Å². The van der Waals surface area contributed by atoms with Crippen LogP contribution < -0.4 is 19.3 Å². The first-order chi connectivity index (χ1) is 23.2. The van der Waals surface area contributed by atoms with Crippen molar-refractivity contribution in [1.29, 1.82) is 0 Å². The molecule has 48 heavy (non-hydrogen) atoms. The normalized spacial score (nSPS) is 20.1. The summed E-state index contributed by atoms with van der Waals surface area (Å²) in [4.78, 5) is 46.3. The maximum Gasteiger partial charge on any atom is 0.308 e. The second-order valence-electron chi connectivity index (χ2n) is 13.1. The van der Waals surface area contributed by atoms with Crippen LogP contribution in [0.25, 0.3) is 0 Å². The van der Waals surface area contributed by atoms with Crippen molar-refractivity contribution in [3.63, 3.8) is 0 Å². The maximum absolute atomic E-state index is 14.5. The van der Waals surface area contributed by atoms with Crippen molar-refractivity contribution in [2.24, 2.45) is 5.92 Å². The van der Waals surface area contributed by atoms with Crippen molar-refractivity contribution in [3.05, 3.63) is 83.2 Å². The average Bonchev–Trinajstić information content (AvgIpc) is 3.76. The highest BCUT2D eigenvalue weighted by Crippen LogP contribution is 2.43. The van der Waals surface area contributed by atoms with Crippen LogP contribution in [0.4, 0.5) is 15.8 Å². The molecule has 3 aromatic carbocycles. The number of carbonyl (C=O) groups excluding carboxylic acids is 2. The SMILES string of the molecule is CCCC(CCC)N(C(=O)CN1C[C@H](c2ccc3c(c2)OCO3)[C@@H](C(=O)O)[C@@H]1CCN1C(=O)Cc2ccccc21)c1ccc(F)c(C)c1. The Kier molecular flexibility index (Phi) is 10.0. The Bertz CT molecular complexity index is 1670. The molecule has 3 aromatic rings. The fourth-order valence-corrected chi connectivity index (χ4v) is 7.81. The standard InChI is InChI=1S/C38H44FN3O6/c1-4-8-27(9-5-2)42(28-13-14-30(39)24(3)18-28)36(44)22-40-21-29(25-12-15-33-34(19-25)48-23-47-33)37(38(45)46)32(40)16-17-41-31-11-7-6-10-26(31)20-35(41)43/h6-7,10-15,18-19,27,29,32,37H,4-5,8-9,16-17,20-23H2,1-3H3,(H,45,46)/t29-,32+,37-/m1/s1. The number of fused-ring (bicyclic) bond motifs is 2. The monoisotopic (exact) mass is 657 g/mol. The number of para-hydroxylation sites is 1. The van der Waals surface area contributed by atoms with Gasteiger partial charge in [-0.15, -0.1) is 0 Å². The van der Waals surface area contributed by atoms with Gasteiger partial charge in [-0.2, -0.15) is 0 Å². The molecule has 3 aliphatic heterocycles. The minimum atomic E-state index is -0.952. The molecule has 3 heterocycles. The predicted octanol–water partition coefficient (Wildman–Crippen LogP) is 6.31. The Morgan fingerprint density at radius 1 is 1.02 bits per heavy atom. The van der Waals surface area contributed by atoms with E-state index in [1.54, 1.807) is 34.9 Å². The van der Waals surface area contributed by atoms with Crippen LogP contribution >= 0.6 is 0 Å². The Morgan fingerprint density at radius 3 is 2.50 bits per heavy atom. The van der Waals surface area contributed by atoms with Crippen LogP contribution in [0, 0.1) is 18.7 Å². The second-order valence-corrected chi connectivity index (χ2v) is 13.1. The quantitative estimate of drug-likeness (QED) is 0.230. The molecular formula is C38H44FN3O6. The summed E-state index contributed by atoms with van der Waals surface area (Å²) >= 11 is 0. The molecule has 10 heteroatoms. The highest BCUT2D eigenvalue weighted by molar-refractivity contribution is 6.01. The van der Waals surface area contributed by atoms with Crippen LogP contribution in [0.2, 0.25) is 0 Å². The zero-order chi connectivity index (χ0) is 33.9. The lowest BCUT2D eigenvalue weighted by atomic mass is 9.84. The molecular weight excluding hydrogens is 613 g/mol. The van der Waals surface area contributed by atoms with Gasteiger partial charge in [0.25, 0.3) is 0 Å². The van der Waals surface area contributed by atoms with Crippen LogP contribution in [0.5, 0.6) is 11.5 Å². The lowest BCUT2D eigenvalue weighted by molar-refractivity contribution is -0.143. The van der Waals surface area contributed by atoms with Crippen molar-refractivity contribution >= 4 is 29.2 Å². The number of amides is 2. The van der Waals surface area contributed by atoms with Gasteiger partial charge in [0.05, 0.1) is 18.9 Å². The van der Waals surface area contributed by atoms with Crippen LogP contribution in [-0.2, 0) is 20.8 Å². The van der Waals surface area contributed by atoms with Crippen molar-refractivity contribution in [2.45, 2.75) is 77.3 Å². The van der Waals surface area contributed by atoms with Crippen molar-refractivity contribution in [2.75, 3.05) is 36.2 Å². The highest BCUT2D eigenvalue weighted by Gasteiger charge is 2.48. The lowest BCUT2D eigenvalue weighted by Crippen LogP contribution is -2.48. The van der Waals surface area contributed by atoms with E-state index in [0.717, 1.165) is 42.5 Å². The number of nitrogens with zero attached hydrogens (tertiary/aromatic N) is 3. The molecule has 1 saturated heterocycles. The molecule has 0 spiro atoms. The summed E-state index contributed by atoms with van der Waals surface area (Å²) in [5, 5.41) is 10.7. The number of carbonyl (C=O) groups is 3. The van der Waals surface area contributed by atoms with Gasteiger partial charge in [0.1, 0.15) is 5.82 Å². The largest absolute Gasteiger partial charge is 0.481 e. The lowest BCUT2D eigenvalue weighted by Gasteiger charge is -2.35. The Morgan fingerprint density at radius 2 is 1.77 bits per heavy atom. The summed E-state index contributed by atoms with van der Waals surface area (Å²) in [6, 6.07) is 17.4. The highest BCUT2D eigenvalue weighted by atomic mass is 19.1. The molecule has 0 saturated carbocycles. The summed E-state index contributed by atoms with van der Waals surface area (Å²) in [6.07, 6.45) is 4.00. The van der Waals surface area contributed by atoms with Gasteiger partial charge in [-0.25, -0.2) is 4.39 Å². The first-order valence-corrected chi connectivity index (χ1v) is 17.0. The van der Waals surface area contributed by atoms with Gasteiger partial charge in [-0.1, -0.05) is 51.0 Å². The minimum absolute atomic E-state index is 0.0135. The van der Waals surface area contributed by atoms with Gasteiger partial charge < -0.3 is 24.4 Å². The number of ether oxygens (including phenoxy) is 2. The fraction of sp³-hybridized carbons (Fsp3) is 0.447. The summed E-state index contributed by atoms with van der Waals surface area (Å²) in [6.45, 7) is 6.62. The third kappa shape index (κ3) is 6.63. The number of hydrogen-bond donors (Lipinski definition) is 1. The number of hydrogen-bond acceptors (Lipinski definition) is 6. The number of carboxylic acids is 1. The molecule has 0 bridgehead atoms. The third-order valence-electron chi connectivity index (χ3n) is 10.1. The summed E-state index contributed by atoms with van der Waals surface area (Å²) < 4.78 is 25.5. The van der Waals surface area contributed by atoms with Gasteiger partial charge in [0, 0.05) is 42.5 Å². The molecule has 1 fully saturated rings. The van der Waals surface area contributed by atoms with Crippen LogP contribution in [0.3, 0.4) is 0 Å². The summed E-state index contributed by atoms with van der Waals surface area (Å²) in [7, 11) is 0. The van der Waals surface area contributed by atoms with E-state index < -0.39 is 23.8 Å². The molecule has 0 radical (unpaired) electrons. The molecule has 2 amide bonds. The topological polar surface area (TPSA) is 99.6 Å². The minimum Gasteiger partial charge on any atom is -0.481 e. The molecule has 0 aliphatic carbocycles. The Hall–Kier alpha value is -4.44. The number of halogens is 1. The van der Waals surface area contributed by atoms with Gasteiger partial charge in [-0.05, 0) is 79.3 Å². The van der Waals surface area contributed by atoms with E-state index in [-0.39, 0.29) is 37.0 Å². The zero-order valence-corrected chi connectivity index (χ0v) is 27.9. The van der Waals surface area contributed by atoms with E-state index in [9.17, 15) is 23.9 Å².